The SMILES string of the molecule is Cc1cc2c(F)c(Oc3nc(Nc4ncc(C)s4)cc(N4CCN(C)CC4)n3)ccc2[nH]1. The van der Waals surface area contributed by atoms with Crippen molar-refractivity contribution in [1.82, 2.24) is 24.8 Å². The molecule has 4 aromatic rings. The number of anilines is 3. The molecule has 1 saturated heterocycles. The van der Waals surface area contributed by atoms with Crippen LogP contribution in [-0.2, 0) is 0 Å². The molecule has 166 valence electrons. The fraction of sp³-hybridized carbons (Fsp3) is 0.318. The molecule has 4 heterocycles. The Morgan fingerprint density at radius 3 is 2.69 bits per heavy atom. The van der Waals surface area contributed by atoms with Crippen LogP contribution in [0.1, 0.15) is 10.6 Å². The Labute approximate surface area is 189 Å². The van der Waals surface area contributed by atoms with Gasteiger partial charge in [-0.1, -0.05) is 0 Å². The van der Waals surface area contributed by atoms with Crippen LogP contribution < -0.4 is 15.0 Å². The van der Waals surface area contributed by atoms with Crippen LogP contribution in [0.4, 0.5) is 21.2 Å². The predicted molar refractivity (Wildman–Crippen MR) is 125 cm³/mol. The van der Waals surface area contributed by atoms with Crippen molar-refractivity contribution in [2.75, 3.05) is 43.4 Å². The lowest BCUT2D eigenvalue weighted by atomic mass is 10.2. The maximum atomic E-state index is 15.1. The van der Waals surface area contributed by atoms with Gasteiger partial charge in [0.2, 0.25) is 0 Å². The highest BCUT2D eigenvalue weighted by Gasteiger charge is 2.19. The summed E-state index contributed by atoms with van der Waals surface area (Å²) in [6.45, 7) is 7.44. The van der Waals surface area contributed by atoms with Crippen LogP contribution in [0.25, 0.3) is 10.9 Å². The van der Waals surface area contributed by atoms with Crippen LogP contribution in [0.15, 0.2) is 30.5 Å². The van der Waals surface area contributed by atoms with Crippen molar-refractivity contribution in [2.24, 2.45) is 0 Å². The molecule has 1 fully saturated rings. The quantitative estimate of drug-likeness (QED) is 0.462. The number of hydrogen-bond donors (Lipinski definition) is 2. The molecular formula is C22H24FN7OS. The van der Waals surface area contributed by atoms with E-state index in [1.807, 2.05) is 19.9 Å². The summed E-state index contributed by atoms with van der Waals surface area (Å²) in [4.78, 5) is 22.1. The van der Waals surface area contributed by atoms with E-state index in [1.54, 1.807) is 24.4 Å². The summed E-state index contributed by atoms with van der Waals surface area (Å²) in [5.41, 5.74) is 1.61. The van der Waals surface area contributed by atoms with E-state index in [-0.39, 0.29) is 11.8 Å². The number of piperazine rings is 1. The smallest absolute Gasteiger partial charge is 0.326 e. The Bertz CT molecular complexity index is 1260. The summed E-state index contributed by atoms with van der Waals surface area (Å²) in [6, 6.07) is 7.11. The fourth-order valence-corrected chi connectivity index (χ4v) is 4.38. The molecule has 0 radical (unpaired) electrons. The summed E-state index contributed by atoms with van der Waals surface area (Å²) in [5, 5.41) is 4.43. The second-order valence-corrected chi connectivity index (χ2v) is 9.21. The third kappa shape index (κ3) is 4.23. The van der Waals surface area contributed by atoms with E-state index in [1.165, 1.54) is 11.3 Å². The first-order valence-corrected chi connectivity index (χ1v) is 11.2. The molecule has 10 heteroatoms. The third-order valence-electron chi connectivity index (χ3n) is 5.41. The maximum Gasteiger partial charge on any atom is 0.326 e. The van der Waals surface area contributed by atoms with Gasteiger partial charge in [0, 0.05) is 59.9 Å². The molecule has 0 spiro atoms. The first-order valence-electron chi connectivity index (χ1n) is 10.4. The summed E-state index contributed by atoms with van der Waals surface area (Å²) in [5.74, 6) is 0.934. The Kier molecular flexibility index (Phi) is 5.40. The minimum absolute atomic E-state index is 0.0858. The van der Waals surface area contributed by atoms with Crippen molar-refractivity contribution in [2.45, 2.75) is 13.8 Å². The highest BCUT2D eigenvalue weighted by Crippen LogP contribution is 2.31. The molecule has 2 N–H and O–H groups in total. The number of hydrogen-bond acceptors (Lipinski definition) is 8. The Balaban J connectivity index is 1.49. The normalized spacial score (nSPS) is 14.8. The second-order valence-electron chi connectivity index (χ2n) is 7.98. The minimum atomic E-state index is -0.439. The van der Waals surface area contributed by atoms with Gasteiger partial charge in [0.1, 0.15) is 11.6 Å². The first-order chi connectivity index (χ1) is 15.4. The van der Waals surface area contributed by atoms with Crippen LogP contribution in [0, 0.1) is 19.7 Å². The lowest BCUT2D eigenvalue weighted by Gasteiger charge is -2.33. The zero-order valence-corrected chi connectivity index (χ0v) is 19.0. The molecular weight excluding hydrogens is 429 g/mol. The molecule has 0 unspecified atom stereocenters. The van der Waals surface area contributed by atoms with Crippen LogP contribution in [0.2, 0.25) is 0 Å². The number of likely N-dealkylation sites (N-methyl/N-ethyl adjacent to an activating group) is 1. The largest absolute Gasteiger partial charge is 0.421 e. The predicted octanol–water partition coefficient (Wildman–Crippen LogP) is 4.46. The number of aryl methyl sites for hydroxylation is 2. The molecule has 5 rings (SSSR count). The number of ether oxygens (including phenoxy) is 1. The Morgan fingerprint density at radius 1 is 1.12 bits per heavy atom. The number of nitrogens with one attached hydrogen (secondary N) is 2. The number of H-pyrrole nitrogens is 1. The number of benzene rings is 1. The highest BCUT2D eigenvalue weighted by molar-refractivity contribution is 7.15. The third-order valence-corrected chi connectivity index (χ3v) is 6.24. The molecule has 1 aromatic carbocycles. The van der Waals surface area contributed by atoms with Crippen molar-refractivity contribution in [3.63, 3.8) is 0 Å². The number of aromatic nitrogens is 4. The number of rotatable bonds is 5. The molecule has 32 heavy (non-hydrogen) atoms. The van der Waals surface area contributed by atoms with Crippen LogP contribution in [0.3, 0.4) is 0 Å². The monoisotopic (exact) mass is 453 g/mol. The minimum Gasteiger partial charge on any atom is -0.421 e. The number of nitrogens with zero attached hydrogens (tertiary/aromatic N) is 5. The standard InChI is InChI=1S/C22H24FN7OS/c1-13-10-15-16(25-13)4-5-17(20(15)23)31-21-26-18(27-22-24-12-14(2)32-22)11-19(28-21)30-8-6-29(3)7-9-30/h4-5,10-12,25H,6-9H2,1-3H3,(H,24,26,27,28). The van der Waals surface area contributed by atoms with Crippen molar-refractivity contribution >= 4 is 39.0 Å². The van der Waals surface area contributed by atoms with Crippen LogP contribution in [0.5, 0.6) is 11.8 Å². The molecule has 8 nitrogen and oxygen atoms in total. The van der Waals surface area contributed by atoms with E-state index >= 15 is 4.39 Å². The molecule has 0 saturated carbocycles. The Hall–Kier alpha value is -3.24. The summed E-state index contributed by atoms with van der Waals surface area (Å²) in [6.07, 6.45) is 1.80. The van der Waals surface area contributed by atoms with Gasteiger partial charge in [0.05, 0.1) is 0 Å². The summed E-state index contributed by atoms with van der Waals surface area (Å²) < 4.78 is 20.9. The molecule has 1 aliphatic heterocycles. The van der Waals surface area contributed by atoms with E-state index in [0.29, 0.717) is 11.2 Å². The lowest BCUT2D eigenvalue weighted by molar-refractivity contribution is 0.311. The average molecular weight is 454 g/mol. The fourth-order valence-electron chi connectivity index (χ4n) is 3.71. The van der Waals surface area contributed by atoms with Crippen molar-refractivity contribution < 1.29 is 9.13 Å². The van der Waals surface area contributed by atoms with Gasteiger partial charge < -0.3 is 24.8 Å². The molecule has 1 aliphatic rings. The maximum absolute atomic E-state index is 15.1. The van der Waals surface area contributed by atoms with Gasteiger partial charge in [-0.05, 0) is 39.1 Å². The second kappa shape index (κ2) is 8.36. The van der Waals surface area contributed by atoms with Gasteiger partial charge >= 0.3 is 6.01 Å². The van der Waals surface area contributed by atoms with Crippen LogP contribution in [-0.4, -0.2) is 58.1 Å². The summed E-state index contributed by atoms with van der Waals surface area (Å²) in [7, 11) is 2.10. The van der Waals surface area contributed by atoms with E-state index in [9.17, 15) is 0 Å². The van der Waals surface area contributed by atoms with Gasteiger partial charge in [-0.2, -0.15) is 9.97 Å². The highest BCUT2D eigenvalue weighted by atomic mass is 32.1. The topological polar surface area (TPSA) is 82.2 Å². The zero-order chi connectivity index (χ0) is 22.2. The summed E-state index contributed by atoms with van der Waals surface area (Å²) >= 11 is 1.53. The first kappa shape index (κ1) is 20.7. The van der Waals surface area contributed by atoms with Gasteiger partial charge in [-0.15, -0.1) is 11.3 Å². The molecule has 0 aliphatic carbocycles. The number of halogens is 1. The lowest BCUT2D eigenvalue weighted by Crippen LogP contribution is -2.44. The van der Waals surface area contributed by atoms with Gasteiger partial charge in [-0.25, -0.2) is 9.37 Å². The van der Waals surface area contributed by atoms with E-state index in [0.717, 1.165) is 53.2 Å². The van der Waals surface area contributed by atoms with E-state index < -0.39 is 5.82 Å². The van der Waals surface area contributed by atoms with E-state index in [4.69, 9.17) is 4.74 Å². The number of fused-ring (bicyclic) bond motifs is 1. The number of thiazole rings is 1. The zero-order valence-electron chi connectivity index (χ0n) is 18.1. The van der Waals surface area contributed by atoms with E-state index in [2.05, 4.69) is 42.1 Å². The van der Waals surface area contributed by atoms with Crippen molar-refractivity contribution in [3.8, 4) is 11.8 Å². The average Bonchev–Trinajstić information content (AvgIpc) is 3.35. The van der Waals surface area contributed by atoms with Crippen molar-refractivity contribution in [3.05, 3.63) is 46.9 Å². The molecule has 0 atom stereocenters. The van der Waals surface area contributed by atoms with Gasteiger partial charge in [0.25, 0.3) is 0 Å². The molecule has 0 amide bonds. The molecule has 3 aromatic heterocycles. The van der Waals surface area contributed by atoms with Crippen molar-refractivity contribution in [1.29, 1.82) is 0 Å². The van der Waals surface area contributed by atoms with Gasteiger partial charge in [0.15, 0.2) is 16.7 Å². The number of aromatic amines is 1. The van der Waals surface area contributed by atoms with Gasteiger partial charge in [-0.3, -0.25) is 0 Å². The van der Waals surface area contributed by atoms with Crippen LogP contribution >= 0.6 is 11.3 Å². The molecule has 0 bridgehead atoms. The Morgan fingerprint density at radius 2 is 1.94 bits per heavy atom.